The van der Waals surface area contributed by atoms with Crippen molar-refractivity contribution < 1.29 is 19.1 Å². The highest BCUT2D eigenvalue weighted by Gasteiger charge is 2.37. The SMILES string of the molecule is COCCCNc1nc(C(C)(C)C)ncc1C(=O)N(CC(C)C)[C@@H]1CNC[C@H](C(=O)N2CCN(C(C)=O)CC2)C1.Cl.Cl. The van der Waals surface area contributed by atoms with Gasteiger partial charge in [-0.3, -0.25) is 14.4 Å². The molecular formula is C29H51Cl2N7O4. The maximum absolute atomic E-state index is 14.1. The monoisotopic (exact) mass is 631 g/mol. The molecule has 0 aliphatic carbocycles. The lowest BCUT2D eigenvalue weighted by Crippen LogP contribution is -2.57. The number of ether oxygens (including phenoxy) is 1. The smallest absolute Gasteiger partial charge is 0.259 e. The molecule has 1 aromatic rings. The first-order valence-corrected chi connectivity index (χ1v) is 14.6. The van der Waals surface area contributed by atoms with Gasteiger partial charge in [-0.05, 0) is 18.8 Å². The fraction of sp³-hybridized carbons (Fsp3) is 0.759. The van der Waals surface area contributed by atoms with Gasteiger partial charge in [0.1, 0.15) is 17.2 Å². The summed E-state index contributed by atoms with van der Waals surface area (Å²) in [5.74, 6) is 1.23. The molecule has 0 aromatic carbocycles. The van der Waals surface area contributed by atoms with E-state index in [1.54, 1.807) is 25.1 Å². The van der Waals surface area contributed by atoms with Gasteiger partial charge in [-0.15, -0.1) is 24.8 Å². The molecule has 3 amide bonds. The molecule has 3 heterocycles. The number of nitrogens with one attached hydrogen (secondary N) is 2. The second-order valence-electron chi connectivity index (χ2n) is 12.4. The third kappa shape index (κ3) is 10.2. The molecule has 240 valence electrons. The van der Waals surface area contributed by atoms with Crippen LogP contribution in [0, 0.1) is 11.8 Å². The van der Waals surface area contributed by atoms with Gasteiger partial charge in [0.05, 0.1) is 5.92 Å². The highest BCUT2D eigenvalue weighted by Crippen LogP contribution is 2.26. The summed E-state index contributed by atoms with van der Waals surface area (Å²) in [7, 11) is 1.67. The van der Waals surface area contributed by atoms with Crippen LogP contribution in [0.15, 0.2) is 6.20 Å². The van der Waals surface area contributed by atoms with Crippen LogP contribution in [0.3, 0.4) is 0 Å². The number of methoxy groups -OCH3 is 1. The number of hydrogen-bond acceptors (Lipinski definition) is 8. The molecule has 0 saturated carbocycles. The zero-order valence-corrected chi connectivity index (χ0v) is 27.9. The summed E-state index contributed by atoms with van der Waals surface area (Å²) >= 11 is 0. The predicted octanol–water partition coefficient (Wildman–Crippen LogP) is 2.83. The number of piperidine rings is 1. The second-order valence-corrected chi connectivity index (χ2v) is 12.4. The van der Waals surface area contributed by atoms with Gasteiger partial charge in [0.25, 0.3) is 5.91 Å². The third-order valence-corrected chi connectivity index (χ3v) is 7.48. The quantitative estimate of drug-likeness (QED) is 0.378. The summed E-state index contributed by atoms with van der Waals surface area (Å²) in [6.45, 7) is 17.1. The Morgan fingerprint density at radius 2 is 1.76 bits per heavy atom. The van der Waals surface area contributed by atoms with Gasteiger partial charge in [0.15, 0.2) is 0 Å². The molecule has 2 saturated heterocycles. The first kappa shape index (κ1) is 37.8. The lowest BCUT2D eigenvalue weighted by molar-refractivity contribution is -0.142. The van der Waals surface area contributed by atoms with Crippen molar-refractivity contribution in [3.05, 3.63) is 17.6 Å². The molecule has 0 unspecified atom stereocenters. The predicted molar refractivity (Wildman–Crippen MR) is 170 cm³/mol. The number of rotatable bonds is 10. The van der Waals surface area contributed by atoms with Crippen molar-refractivity contribution in [2.75, 3.05) is 71.4 Å². The normalized spacial score (nSPS) is 19.0. The van der Waals surface area contributed by atoms with Crippen LogP contribution < -0.4 is 10.6 Å². The maximum Gasteiger partial charge on any atom is 0.259 e. The van der Waals surface area contributed by atoms with Crippen LogP contribution in [-0.4, -0.2) is 115 Å². The molecule has 0 radical (unpaired) electrons. The molecule has 42 heavy (non-hydrogen) atoms. The largest absolute Gasteiger partial charge is 0.385 e. The van der Waals surface area contributed by atoms with Crippen LogP contribution in [0.5, 0.6) is 0 Å². The molecule has 11 nitrogen and oxygen atoms in total. The van der Waals surface area contributed by atoms with E-state index in [0.29, 0.717) is 82.6 Å². The molecule has 2 aliphatic rings. The van der Waals surface area contributed by atoms with Crippen molar-refractivity contribution in [2.45, 2.75) is 65.8 Å². The fourth-order valence-corrected chi connectivity index (χ4v) is 5.25. The van der Waals surface area contributed by atoms with Gasteiger partial charge in [0.2, 0.25) is 11.8 Å². The van der Waals surface area contributed by atoms with E-state index in [0.717, 1.165) is 6.42 Å². The summed E-state index contributed by atoms with van der Waals surface area (Å²) < 4.78 is 5.18. The minimum absolute atomic E-state index is 0. The minimum Gasteiger partial charge on any atom is -0.385 e. The van der Waals surface area contributed by atoms with Gasteiger partial charge in [-0.2, -0.15) is 0 Å². The fourth-order valence-electron chi connectivity index (χ4n) is 5.25. The van der Waals surface area contributed by atoms with E-state index in [9.17, 15) is 14.4 Å². The van der Waals surface area contributed by atoms with Gasteiger partial charge in [-0.1, -0.05) is 34.6 Å². The first-order valence-electron chi connectivity index (χ1n) is 14.6. The molecule has 13 heteroatoms. The third-order valence-electron chi connectivity index (χ3n) is 7.48. The number of carbonyl (C=O) groups is 3. The lowest BCUT2D eigenvalue weighted by atomic mass is 9.92. The Morgan fingerprint density at radius 1 is 1.12 bits per heavy atom. The first-order chi connectivity index (χ1) is 18.9. The summed E-state index contributed by atoms with van der Waals surface area (Å²) in [4.78, 5) is 54.2. The second kappa shape index (κ2) is 17.2. The topological polar surface area (TPSA) is 120 Å². The van der Waals surface area contributed by atoms with Crippen molar-refractivity contribution in [1.29, 1.82) is 0 Å². The van der Waals surface area contributed by atoms with Crippen LogP contribution in [-0.2, 0) is 19.7 Å². The molecule has 2 aliphatic heterocycles. The average molecular weight is 633 g/mol. The number of aromatic nitrogens is 2. The van der Waals surface area contributed by atoms with E-state index in [-0.39, 0.29) is 65.8 Å². The molecule has 2 atom stereocenters. The Morgan fingerprint density at radius 3 is 2.33 bits per heavy atom. The van der Waals surface area contributed by atoms with Gasteiger partial charge < -0.3 is 30.1 Å². The number of amides is 3. The standard InChI is InChI=1S/C29H49N7O4.2ClH/c1-20(2)19-36(23-15-22(16-30-17-23)26(38)35-12-10-34(11-13-35)21(3)37)27(39)24-18-32-28(29(4,5)6)33-25(24)31-9-8-14-40-7;;/h18,20,22-23,30H,8-17,19H2,1-7H3,(H,31,32,33);2*1H/t22-,23+;;/m1../s1. The Kier molecular flexibility index (Phi) is 15.5. The van der Waals surface area contributed by atoms with Crippen LogP contribution in [0.25, 0.3) is 0 Å². The number of halogens is 2. The van der Waals surface area contributed by atoms with E-state index in [1.807, 2.05) is 9.80 Å². The van der Waals surface area contributed by atoms with Crippen molar-refractivity contribution >= 4 is 48.4 Å². The summed E-state index contributed by atoms with van der Waals surface area (Å²) in [6.07, 6.45) is 3.02. The van der Waals surface area contributed by atoms with Crippen LogP contribution in [0.4, 0.5) is 5.82 Å². The number of nitrogens with zero attached hydrogens (tertiary/aromatic N) is 5. The number of anilines is 1. The molecule has 0 spiro atoms. The molecular weight excluding hydrogens is 581 g/mol. The highest BCUT2D eigenvalue weighted by atomic mass is 35.5. The van der Waals surface area contributed by atoms with Gasteiger partial charge >= 0.3 is 0 Å². The van der Waals surface area contributed by atoms with Crippen molar-refractivity contribution in [3.63, 3.8) is 0 Å². The van der Waals surface area contributed by atoms with E-state index in [4.69, 9.17) is 9.72 Å². The maximum atomic E-state index is 14.1. The Bertz CT molecular complexity index is 1030. The van der Waals surface area contributed by atoms with E-state index < -0.39 is 0 Å². The number of carbonyl (C=O) groups excluding carboxylic acids is 3. The zero-order chi connectivity index (χ0) is 29.4. The Balaban J connectivity index is 0.00000441. The van der Waals surface area contributed by atoms with Crippen molar-refractivity contribution in [3.8, 4) is 0 Å². The average Bonchev–Trinajstić information content (AvgIpc) is 2.92. The van der Waals surface area contributed by atoms with Crippen molar-refractivity contribution in [1.82, 2.24) is 30.0 Å². The highest BCUT2D eigenvalue weighted by molar-refractivity contribution is 5.98. The van der Waals surface area contributed by atoms with Crippen LogP contribution >= 0.6 is 24.8 Å². The lowest BCUT2D eigenvalue weighted by Gasteiger charge is -2.41. The minimum atomic E-state index is -0.265. The Hall–Kier alpha value is -2.21. The number of hydrogen-bond donors (Lipinski definition) is 2. The van der Waals surface area contributed by atoms with Crippen molar-refractivity contribution in [2.24, 2.45) is 11.8 Å². The molecule has 0 bridgehead atoms. The van der Waals surface area contributed by atoms with E-state index >= 15 is 0 Å². The molecule has 3 rings (SSSR count). The van der Waals surface area contributed by atoms with E-state index in [1.165, 1.54) is 0 Å². The van der Waals surface area contributed by atoms with Gasteiger partial charge in [-0.25, -0.2) is 9.97 Å². The summed E-state index contributed by atoms with van der Waals surface area (Å²) in [5, 5.41) is 6.77. The molecule has 1 aromatic heterocycles. The summed E-state index contributed by atoms with van der Waals surface area (Å²) in [5.41, 5.74) is 0.179. The molecule has 2 N–H and O–H groups in total. The van der Waals surface area contributed by atoms with Gasteiger partial charge in [0, 0.05) is 90.7 Å². The zero-order valence-electron chi connectivity index (χ0n) is 26.3. The Labute approximate surface area is 263 Å². The molecule has 2 fully saturated rings. The van der Waals surface area contributed by atoms with E-state index in [2.05, 4.69) is 50.2 Å². The van der Waals surface area contributed by atoms with Crippen LogP contribution in [0.1, 0.15) is 70.6 Å². The van der Waals surface area contributed by atoms with Crippen LogP contribution in [0.2, 0.25) is 0 Å². The number of piperazine rings is 1. The summed E-state index contributed by atoms with van der Waals surface area (Å²) in [6, 6.07) is -0.139.